The van der Waals surface area contributed by atoms with Gasteiger partial charge in [0.05, 0.1) is 5.92 Å². The number of rotatable bonds is 4. The molecular formula is C18H28N4O5S. The number of hydrogen-bond donors (Lipinski definition) is 3. The predicted octanol–water partition coefficient (Wildman–Crippen LogP) is 0.611. The van der Waals surface area contributed by atoms with Crippen molar-refractivity contribution < 1.29 is 13.2 Å². The zero-order valence-corrected chi connectivity index (χ0v) is 16.9. The number of sulfonamides is 1. The van der Waals surface area contributed by atoms with Gasteiger partial charge in [-0.25, -0.2) is 13.2 Å². The smallest absolute Gasteiger partial charge is 0.325 e. The molecule has 28 heavy (non-hydrogen) atoms. The zero-order chi connectivity index (χ0) is 20.3. The molecule has 1 aliphatic heterocycles. The van der Waals surface area contributed by atoms with Crippen LogP contribution in [0.1, 0.15) is 57.1 Å². The summed E-state index contributed by atoms with van der Waals surface area (Å²) in [5.41, 5.74) is -1.69. The second kappa shape index (κ2) is 8.60. The van der Waals surface area contributed by atoms with Crippen LogP contribution in [-0.2, 0) is 14.8 Å². The summed E-state index contributed by atoms with van der Waals surface area (Å²) in [7, 11) is -4.11. The number of hydrogen-bond acceptors (Lipinski definition) is 5. The average Bonchev–Trinajstić information content (AvgIpc) is 2.89. The summed E-state index contributed by atoms with van der Waals surface area (Å²) in [5.74, 6) is -0.548. The van der Waals surface area contributed by atoms with E-state index in [-0.39, 0.29) is 30.7 Å². The summed E-state index contributed by atoms with van der Waals surface area (Å²) >= 11 is 0. The molecule has 1 aliphatic carbocycles. The van der Waals surface area contributed by atoms with E-state index in [4.69, 9.17) is 0 Å². The van der Waals surface area contributed by atoms with Crippen molar-refractivity contribution in [3.8, 4) is 0 Å². The number of aromatic amines is 2. The zero-order valence-electron chi connectivity index (χ0n) is 16.1. The van der Waals surface area contributed by atoms with Crippen molar-refractivity contribution in [2.45, 2.75) is 69.2 Å². The van der Waals surface area contributed by atoms with Crippen molar-refractivity contribution in [3.63, 3.8) is 0 Å². The van der Waals surface area contributed by atoms with Crippen molar-refractivity contribution in [2.75, 3.05) is 13.1 Å². The van der Waals surface area contributed by atoms with E-state index in [2.05, 4.69) is 10.3 Å². The Kier molecular flexibility index (Phi) is 6.39. The third-order valence-electron chi connectivity index (χ3n) is 5.63. The van der Waals surface area contributed by atoms with Gasteiger partial charge in [0.2, 0.25) is 15.9 Å². The van der Waals surface area contributed by atoms with Crippen molar-refractivity contribution in [1.82, 2.24) is 19.6 Å². The number of nitrogens with one attached hydrogen (secondary N) is 3. The Morgan fingerprint density at radius 3 is 2.36 bits per heavy atom. The third-order valence-corrected chi connectivity index (χ3v) is 7.65. The minimum absolute atomic E-state index is 0.00113. The van der Waals surface area contributed by atoms with Crippen LogP contribution in [0.5, 0.6) is 0 Å². The summed E-state index contributed by atoms with van der Waals surface area (Å²) in [5, 5.41) is 3.09. The molecular weight excluding hydrogens is 384 g/mol. The topological polar surface area (TPSA) is 132 Å². The first-order valence-corrected chi connectivity index (χ1v) is 11.4. The second-order valence-electron chi connectivity index (χ2n) is 7.76. The van der Waals surface area contributed by atoms with Gasteiger partial charge in [-0.05, 0) is 32.6 Å². The highest BCUT2D eigenvalue weighted by molar-refractivity contribution is 7.89. The van der Waals surface area contributed by atoms with Crippen LogP contribution in [0.15, 0.2) is 14.5 Å². The number of carbonyl (C=O) groups excluding carboxylic acids is 1. The Bertz CT molecular complexity index is 928. The maximum atomic E-state index is 13.0. The lowest BCUT2D eigenvalue weighted by Crippen LogP contribution is -2.48. The van der Waals surface area contributed by atoms with Crippen molar-refractivity contribution in [2.24, 2.45) is 5.92 Å². The summed E-state index contributed by atoms with van der Waals surface area (Å²) in [4.78, 5) is 40.0. The third kappa shape index (κ3) is 4.54. The highest BCUT2D eigenvalue weighted by Crippen LogP contribution is 2.24. The Balaban J connectivity index is 1.74. The van der Waals surface area contributed by atoms with Gasteiger partial charge in [0.1, 0.15) is 0 Å². The second-order valence-corrected chi connectivity index (χ2v) is 9.64. The highest BCUT2D eigenvalue weighted by Gasteiger charge is 2.36. The number of nitrogens with zero attached hydrogens (tertiary/aromatic N) is 1. The van der Waals surface area contributed by atoms with Crippen molar-refractivity contribution in [1.29, 1.82) is 0 Å². The Morgan fingerprint density at radius 2 is 1.71 bits per heavy atom. The Morgan fingerprint density at radius 1 is 1.04 bits per heavy atom. The van der Waals surface area contributed by atoms with Gasteiger partial charge in [0, 0.05) is 24.8 Å². The Labute approximate surface area is 164 Å². The number of aromatic nitrogens is 2. The van der Waals surface area contributed by atoms with Gasteiger partial charge in [-0.1, -0.05) is 25.7 Å². The van der Waals surface area contributed by atoms with E-state index in [1.807, 2.05) is 4.98 Å². The SMILES string of the molecule is Cc1[nH]c(=O)[nH]c(=O)c1S(=O)(=O)N1CCC[C@@H](C(=O)NC2CCCCCC2)C1. The summed E-state index contributed by atoms with van der Waals surface area (Å²) in [6, 6.07) is 0.159. The molecule has 3 rings (SSSR count). The molecule has 1 aromatic rings. The van der Waals surface area contributed by atoms with Gasteiger partial charge in [-0.2, -0.15) is 4.31 Å². The molecule has 1 atom stereocenters. The molecule has 1 aromatic heterocycles. The molecule has 0 unspecified atom stereocenters. The van der Waals surface area contributed by atoms with E-state index in [0.717, 1.165) is 25.7 Å². The maximum absolute atomic E-state index is 13.0. The van der Waals surface area contributed by atoms with Crippen LogP contribution in [0, 0.1) is 12.8 Å². The maximum Gasteiger partial charge on any atom is 0.325 e. The molecule has 1 saturated carbocycles. The van der Waals surface area contributed by atoms with Crippen molar-refractivity contribution in [3.05, 3.63) is 26.5 Å². The van der Waals surface area contributed by atoms with Gasteiger partial charge < -0.3 is 10.3 Å². The summed E-state index contributed by atoms with van der Waals surface area (Å²) in [6.45, 7) is 1.66. The van der Waals surface area contributed by atoms with Gasteiger partial charge in [0.15, 0.2) is 4.90 Å². The molecule has 1 saturated heterocycles. The molecule has 0 aromatic carbocycles. The molecule has 2 fully saturated rings. The number of H-pyrrole nitrogens is 2. The van der Waals surface area contributed by atoms with Crippen LogP contribution < -0.4 is 16.6 Å². The highest BCUT2D eigenvalue weighted by atomic mass is 32.2. The first kappa shape index (κ1) is 20.8. The molecule has 10 heteroatoms. The van der Waals surface area contributed by atoms with Crippen LogP contribution >= 0.6 is 0 Å². The van der Waals surface area contributed by atoms with E-state index >= 15 is 0 Å². The van der Waals surface area contributed by atoms with E-state index in [1.54, 1.807) is 0 Å². The molecule has 3 N–H and O–H groups in total. The van der Waals surface area contributed by atoms with Crippen LogP contribution in [0.3, 0.4) is 0 Å². The number of carbonyl (C=O) groups is 1. The van der Waals surface area contributed by atoms with E-state index in [0.29, 0.717) is 12.8 Å². The molecule has 0 spiro atoms. The first-order valence-electron chi connectivity index (χ1n) is 9.93. The van der Waals surface area contributed by atoms with E-state index in [1.165, 1.54) is 24.1 Å². The standard InChI is InChI=1S/C18H28N4O5S/c1-12-15(17(24)21-18(25)19-12)28(26,27)22-10-6-7-13(11-22)16(23)20-14-8-4-2-3-5-9-14/h13-14H,2-11H2,1H3,(H,20,23)(H2,19,21,24,25)/t13-/m1/s1. The molecule has 156 valence electrons. The van der Waals surface area contributed by atoms with Crippen LogP contribution in [-0.4, -0.2) is 47.7 Å². The molecule has 2 heterocycles. The van der Waals surface area contributed by atoms with Gasteiger partial charge in [-0.3, -0.25) is 14.6 Å². The van der Waals surface area contributed by atoms with Crippen LogP contribution in [0.4, 0.5) is 0 Å². The monoisotopic (exact) mass is 412 g/mol. The lowest BCUT2D eigenvalue weighted by atomic mass is 9.97. The van der Waals surface area contributed by atoms with E-state index in [9.17, 15) is 22.8 Å². The van der Waals surface area contributed by atoms with Crippen molar-refractivity contribution >= 4 is 15.9 Å². The van der Waals surface area contributed by atoms with Gasteiger partial charge >= 0.3 is 5.69 Å². The average molecular weight is 413 g/mol. The van der Waals surface area contributed by atoms with Crippen LogP contribution in [0.25, 0.3) is 0 Å². The number of piperidine rings is 1. The fraction of sp³-hybridized carbons (Fsp3) is 0.722. The summed E-state index contributed by atoms with van der Waals surface area (Å²) < 4.78 is 27.2. The lowest BCUT2D eigenvalue weighted by molar-refractivity contribution is -0.126. The predicted molar refractivity (Wildman–Crippen MR) is 104 cm³/mol. The molecule has 2 aliphatic rings. The molecule has 1 amide bonds. The number of aryl methyl sites for hydroxylation is 1. The fourth-order valence-corrected chi connectivity index (χ4v) is 5.87. The number of amides is 1. The minimum Gasteiger partial charge on any atom is -0.353 e. The van der Waals surface area contributed by atoms with Gasteiger partial charge in [-0.15, -0.1) is 0 Å². The normalized spacial score (nSPS) is 22.5. The quantitative estimate of drug-likeness (QED) is 0.624. The first-order chi connectivity index (χ1) is 13.3. The Hall–Kier alpha value is -1.94. The summed E-state index contributed by atoms with van der Waals surface area (Å²) in [6.07, 6.45) is 7.67. The lowest BCUT2D eigenvalue weighted by Gasteiger charge is -2.32. The molecule has 0 radical (unpaired) electrons. The minimum atomic E-state index is -4.11. The fourth-order valence-electron chi connectivity index (χ4n) is 4.15. The largest absolute Gasteiger partial charge is 0.353 e. The molecule has 0 bridgehead atoms. The van der Waals surface area contributed by atoms with E-state index < -0.39 is 32.1 Å². The van der Waals surface area contributed by atoms with Gasteiger partial charge in [0.25, 0.3) is 5.56 Å². The molecule has 9 nitrogen and oxygen atoms in total. The van der Waals surface area contributed by atoms with Crippen LogP contribution in [0.2, 0.25) is 0 Å².